The summed E-state index contributed by atoms with van der Waals surface area (Å²) in [6.07, 6.45) is 5.35. The van der Waals surface area contributed by atoms with Crippen molar-refractivity contribution in [3.8, 4) is 11.5 Å². The number of ether oxygens (including phenoxy) is 3. The van der Waals surface area contributed by atoms with Crippen LogP contribution >= 0.6 is 0 Å². The monoisotopic (exact) mass is 511 g/mol. The molecule has 6 heteroatoms. The van der Waals surface area contributed by atoms with Crippen molar-refractivity contribution in [1.29, 1.82) is 0 Å². The molecule has 0 saturated heterocycles. The van der Waals surface area contributed by atoms with Crippen LogP contribution < -0.4 is 14.8 Å². The number of unbranched alkanes of at least 4 members (excludes halogenated alkanes) is 2. The number of hydrogen-bond acceptors (Lipinski definition) is 5. The van der Waals surface area contributed by atoms with Gasteiger partial charge in [0, 0.05) is 24.1 Å². The first-order valence-corrected chi connectivity index (χ1v) is 13.4. The number of esters is 1. The zero-order chi connectivity index (χ0) is 27.4. The molecule has 6 nitrogen and oxygen atoms in total. The van der Waals surface area contributed by atoms with E-state index >= 15 is 0 Å². The van der Waals surface area contributed by atoms with Gasteiger partial charge in [-0.25, -0.2) is 0 Å². The lowest BCUT2D eigenvalue weighted by molar-refractivity contribution is -0.143. The van der Waals surface area contributed by atoms with Gasteiger partial charge in [-0.1, -0.05) is 71.2 Å². The number of hydrogen-bond donors (Lipinski definition) is 1. The fourth-order valence-corrected chi connectivity index (χ4v) is 4.65. The van der Waals surface area contributed by atoms with Gasteiger partial charge in [-0.15, -0.1) is 0 Å². The van der Waals surface area contributed by atoms with Crippen molar-refractivity contribution in [1.82, 2.24) is 0 Å². The predicted molar refractivity (Wildman–Crippen MR) is 150 cm³/mol. The first-order chi connectivity index (χ1) is 17.6. The van der Waals surface area contributed by atoms with Gasteiger partial charge in [0.25, 0.3) is 0 Å². The van der Waals surface area contributed by atoms with E-state index in [4.69, 9.17) is 14.2 Å². The molecular formula is C31H45NO5. The molecule has 204 valence electrons. The van der Waals surface area contributed by atoms with Crippen molar-refractivity contribution in [2.75, 3.05) is 26.1 Å². The molecule has 0 bridgehead atoms. The second-order valence-electron chi connectivity index (χ2n) is 10.5. The summed E-state index contributed by atoms with van der Waals surface area (Å²) in [5.74, 6) is 1.11. The minimum absolute atomic E-state index is 0.00156. The number of aryl methyl sites for hydroxylation is 1. The minimum Gasteiger partial charge on any atom is -0.493 e. The van der Waals surface area contributed by atoms with Crippen LogP contribution in [0.2, 0.25) is 0 Å². The van der Waals surface area contributed by atoms with Crippen LogP contribution in [0.3, 0.4) is 0 Å². The fraction of sp³-hybridized carbons (Fsp3) is 0.548. The van der Waals surface area contributed by atoms with Crippen LogP contribution in [0.25, 0.3) is 0 Å². The standard InChI is InChI=1S/C31H45NO5/c1-8-10-11-13-23(24-14-12-15-27(35-6)30(24)36-7)21-28(33)32-26-20-22(17-19-29(34)37-9-2)16-18-25(26)31(3,4)5/h12,14-16,18,20,23H,8-11,13,17,19,21H2,1-7H3,(H,32,33). The zero-order valence-electron chi connectivity index (χ0n) is 23.7. The molecule has 0 heterocycles. The van der Waals surface area contributed by atoms with Gasteiger partial charge in [-0.3, -0.25) is 9.59 Å². The van der Waals surface area contributed by atoms with E-state index in [0.29, 0.717) is 37.4 Å². The Hall–Kier alpha value is -3.02. The molecule has 0 saturated carbocycles. The van der Waals surface area contributed by atoms with Gasteiger partial charge in [0.1, 0.15) is 0 Å². The third-order valence-corrected chi connectivity index (χ3v) is 6.55. The molecule has 1 unspecified atom stereocenters. The van der Waals surface area contributed by atoms with Gasteiger partial charge in [0.2, 0.25) is 5.91 Å². The van der Waals surface area contributed by atoms with Crippen LogP contribution in [0.5, 0.6) is 11.5 Å². The van der Waals surface area contributed by atoms with Crippen LogP contribution in [0.1, 0.15) is 95.8 Å². The first kappa shape index (κ1) is 30.2. The molecule has 0 radical (unpaired) electrons. The summed E-state index contributed by atoms with van der Waals surface area (Å²) in [5, 5.41) is 3.20. The molecule has 2 aromatic carbocycles. The molecule has 0 spiro atoms. The summed E-state index contributed by atoms with van der Waals surface area (Å²) < 4.78 is 16.3. The number of nitrogens with one attached hydrogen (secondary N) is 1. The summed E-state index contributed by atoms with van der Waals surface area (Å²) >= 11 is 0. The Morgan fingerprint density at radius 3 is 2.38 bits per heavy atom. The number of benzene rings is 2. The normalized spacial score (nSPS) is 12.1. The highest BCUT2D eigenvalue weighted by molar-refractivity contribution is 5.92. The van der Waals surface area contributed by atoms with Crippen molar-refractivity contribution < 1.29 is 23.8 Å². The highest BCUT2D eigenvalue weighted by Gasteiger charge is 2.24. The smallest absolute Gasteiger partial charge is 0.306 e. The molecule has 2 rings (SSSR count). The quantitative estimate of drug-likeness (QED) is 0.215. The molecule has 2 aromatic rings. The Morgan fingerprint density at radius 1 is 1.00 bits per heavy atom. The second kappa shape index (κ2) is 14.7. The van der Waals surface area contributed by atoms with Crippen molar-refractivity contribution in [3.05, 3.63) is 53.1 Å². The maximum atomic E-state index is 13.5. The summed E-state index contributed by atoms with van der Waals surface area (Å²) in [6, 6.07) is 11.9. The van der Waals surface area contributed by atoms with E-state index in [1.165, 1.54) is 0 Å². The SMILES string of the molecule is CCCCCC(CC(=O)Nc1cc(CCC(=O)OCC)ccc1C(C)(C)C)c1cccc(OC)c1OC. The molecule has 0 aliphatic rings. The predicted octanol–water partition coefficient (Wildman–Crippen LogP) is 7.19. The third-order valence-electron chi connectivity index (χ3n) is 6.55. The van der Waals surface area contributed by atoms with E-state index in [9.17, 15) is 9.59 Å². The van der Waals surface area contributed by atoms with Crippen LogP contribution in [0, 0.1) is 0 Å². The largest absolute Gasteiger partial charge is 0.493 e. The van der Waals surface area contributed by atoms with Gasteiger partial charge in [-0.05, 0) is 54.4 Å². The Morgan fingerprint density at radius 2 is 1.76 bits per heavy atom. The number of rotatable bonds is 14. The lowest BCUT2D eigenvalue weighted by Gasteiger charge is -2.25. The van der Waals surface area contributed by atoms with E-state index in [2.05, 4.69) is 39.1 Å². The molecular weight excluding hydrogens is 466 g/mol. The molecule has 1 N–H and O–H groups in total. The molecule has 1 atom stereocenters. The van der Waals surface area contributed by atoms with Gasteiger partial charge in [-0.2, -0.15) is 0 Å². The van der Waals surface area contributed by atoms with E-state index in [1.54, 1.807) is 21.1 Å². The summed E-state index contributed by atoms with van der Waals surface area (Å²) in [6.45, 7) is 10.7. The Balaban J connectivity index is 2.31. The molecule has 0 aliphatic heterocycles. The Bertz CT molecular complexity index is 1020. The van der Waals surface area contributed by atoms with E-state index in [-0.39, 0.29) is 23.2 Å². The van der Waals surface area contributed by atoms with E-state index in [1.807, 2.05) is 30.3 Å². The molecule has 0 fully saturated rings. The summed E-state index contributed by atoms with van der Waals surface area (Å²) in [4.78, 5) is 25.3. The number of anilines is 1. The van der Waals surface area contributed by atoms with Crippen molar-refractivity contribution in [2.24, 2.45) is 0 Å². The van der Waals surface area contributed by atoms with Crippen molar-refractivity contribution >= 4 is 17.6 Å². The molecule has 1 amide bonds. The second-order valence-corrected chi connectivity index (χ2v) is 10.5. The molecule has 0 aromatic heterocycles. The van der Waals surface area contributed by atoms with Gasteiger partial charge >= 0.3 is 5.97 Å². The van der Waals surface area contributed by atoms with Crippen molar-refractivity contribution in [2.45, 2.75) is 90.9 Å². The van der Waals surface area contributed by atoms with Crippen LogP contribution in [-0.4, -0.2) is 32.7 Å². The highest BCUT2D eigenvalue weighted by atomic mass is 16.5. The fourth-order valence-electron chi connectivity index (χ4n) is 4.65. The number of methoxy groups -OCH3 is 2. The average molecular weight is 512 g/mol. The number of amides is 1. The first-order valence-electron chi connectivity index (χ1n) is 13.4. The minimum atomic E-state index is -0.213. The highest BCUT2D eigenvalue weighted by Crippen LogP contribution is 2.39. The van der Waals surface area contributed by atoms with Crippen molar-refractivity contribution in [3.63, 3.8) is 0 Å². The van der Waals surface area contributed by atoms with Crippen LogP contribution in [-0.2, 0) is 26.2 Å². The van der Waals surface area contributed by atoms with E-state index in [0.717, 1.165) is 48.1 Å². The lowest BCUT2D eigenvalue weighted by Crippen LogP contribution is -2.21. The molecule has 37 heavy (non-hydrogen) atoms. The molecule has 0 aliphatic carbocycles. The Kier molecular flexibility index (Phi) is 12.0. The zero-order valence-corrected chi connectivity index (χ0v) is 23.7. The van der Waals surface area contributed by atoms with Gasteiger partial charge < -0.3 is 19.5 Å². The number of carbonyl (C=O) groups excluding carboxylic acids is 2. The maximum absolute atomic E-state index is 13.5. The summed E-state index contributed by atoms with van der Waals surface area (Å²) in [5.41, 5.74) is 3.68. The number of carbonyl (C=O) groups is 2. The van der Waals surface area contributed by atoms with E-state index < -0.39 is 0 Å². The lowest BCUT2D eigenvalue weighted by atomic mass is 9.84. The Labute approximate surface area is 223 Å². The van der Waals surface area contributed by atoms with Gasteiger partial charge in [0.05, 0.1) is 20.8 Å². The summed E-state index contributed by atoms with van der Waals surface area (Å²) in [7, 11) is 3.27. The average Bonchev–Trinajstić information content (AvgIpc) is 2.86. The van der Waals surface area contributed by atoms with Crippen LogP contribution in [0.4, 0.5) is 5.69 Å². The topological polar surface area (TPSA) is 73.9 Å². The maximum Gasteiger partial charge on any atom is 0.306 e. The number of para-hydroxylation sites is 1. The third kappa shape index (κ3) is 9.10. The van der Waals surface area contributed by atoms with Crippen LogP contribution in [0.15, 0.2) is 36.4 Å². The van der Waals surface area contributed by atoms with Gasteiger partial charge in [0.15, 0.2) is 11.5 Å².